The molecule has 0 aromatic rings. The van der Waals surface area contributed by atoms with Gasteiger partial charge in [-0.3, -0.25) is 0 Å². The number of carbonyl (C=O) groups is 1. The highest BCUT2D eigenvalue weighted by atomic mass is 16.5. The summed E-state index contributed by atoms with van der Waals surface area (Å²) in [6.07, 6.45) is 4.10. The van der Waals surface area contributed by atoms with Gasteiger partial charge >= 0.3 is 0 Å². The first-order valence-electron chi connectivity index (χ1n) is 4.31. The van der Waals surface area contributed by atoms with Crippen LogP contribution in [0.2, 0.25) is 0 Å². The van der Waals surface area contributed by atoms with E-state index < -0.39 is 5.60 Å². The molecule has 0 radical (unpaired) electrons. The molecular weight excluding hydrogens is 140 g/mol. The lowest BCUT2D eigenvalue weighted by atomic mass is 9.85. The molecule has 1 aliphatic rings. The summed E-state index contributed by atoms with van der Waals surface area (Å²) in [7, 11) is 0. The van der Waals surface area contributed by atoms with Gasteiger partial charge in [-0.25, -0.2) is 0 Å². The van der Waals surface area contributed by atoms with Crippen molar-refractivity contribution in [2.24, 2.45) is 5.92 Å². The predicted molar refractivity (Wildman–Crippen MR) is 43.4 cm³/mol. The van der Waals surface area contributed by atoms with Gasteiger partial charge < -0.3 is 9.53 Å². The molecule has 1 heterocycles. The maximum absolute atomic E-state index is 10.8. The van der Waals surface area contributed by atoms with Crippen molar-refractivity contribution in [3.63, 3.8) is 0 Å². The van der Waals surface area contributed by atoms with Crippen molar-refractivity contribution in [1.29, 1.82) is 0 Å². The molecule has 1 fully saturated rings. The molecule has 2 heteroatoms. The first-order chi connectivity index (χ1) is 5.21. The molecule has 1 unspecified atom stereocenters. The summed E-state index contributed by atoms with van der Waals surface area (Å²) in [5, 5.41) is 0. The molecule has 0 bridgehead atoms. The van der Waals surface area contributed by atoms with Gasteiger partial charge in [0.25, 0.3) is 0 Å². The van der Waals surface area contributed by atoms with Crippen molar-refractivity contribution in [2.75, 3.05) is 6.61 Å². The Bertz CT molecular complexity index is 134. The second-order valence-electron chi connectivity index (χ2n) is 3.53. The highest BCUT2D eigenvalue weighted by molar-refractivity contribution is 5.63. The van der Waals surface area contributed by atoms with Gasteiger partial charge in [0.05, 0.1) is 0 Å². The Morgan fingerprint density at radius 3 is 2.45 bits per heavy atom. The first-order valence-corrected chi connectivity index (χ1v) is 4.31. The fraction of sp³-hybridized carbons (Fsp3) is 0.889. The summed E-state index contributed by atoms with van der Waals surface area (Å²) < 4.78 is 5.51. The molecule has 0 amide bonds. The molecular formula is C9H16O2. The minimum atomic E-state index is -0.460. The van der Waals surface area contributed by atoms with Crippen molar-refractivity contribution in [2.45, 2.75) is 38.7 Å². The van der Waals surface area contributed by atoms with Crippen molar-refractivity contribution < 1.29 is 9.53 Å². The Labute approximate surface area is 67.9 Å². The molecule has 1 saturated heterocycles. The Kier molecular flexibility index (Phi) is 2.66. The SMILES string of the molecule is CC(C)C1(C=O)CCCCO1. The Morgan fingerprint density at radius 1 is 1.45 bits per heavy atom. The van der Waals surface area contributed by atoms with Crippen LogP contribution in [0.3, 0.4) is 0 Å². The lowest BCUT2D eigenvalue weighted by Gasteiger charge is -2.35. The van der Waals surface area contributed by atoms with E-state index in [1.54, 1.807) is 0 Å². The fourth-order valence-corrected chi connectivity index (χ4v) is 1.52. The molecule has 0 aromatic carbocycles. The van der Waals surface area contributed by atoms with Crippen molar-refractivity contribution in [1.82, 2.24) is 0 Å². The summed E-state index contributed by atoms with van der Waals surface area (Å²) in [5.74, 6) is 0.306. The van der Waals surface area contributed by atoms with Gasteiger partial charge in [0.1, 0.15) is 5.60 Å². The van der Waals surface area contributed by atoms with Crippen LogP contribution < -0.4 is 0 Å². The zero-order valence-corrected chi connectivity index (χ0v) is 7.30. The molecule has 0 aromatic heterocycles. The number of hydrogen-bond donors (Lipinski definition) is 0. The van der Waals surface area contributed by atoms with E-state index in [2.05, 4.69) is 0 Å². The molecule has 64 valence electrons. The number of aldehydes is 1. The average molecular weight is 156 g/mol. The van der Waals surface area contributed by atoms with Crippen molar-refractivity contribution in [3.05, 3.63) is 0 Å². The molecule has 0 saturated carbocycles. The number of ether oxygens (including phenoxy) is 1. The average Bonchev–Trinajstić information content (AvgIpc) is 2.05. The Hall–Kier alpha value is -0.370. The molecule has 0 N–H and O–H groups in total. The first kappa shape index (κ1) is 8.72. The van der Waals surface area contributed by atoms with E-state index in [1.807, 2.05) is 13.8 Å². The quantitative estimate of drug-likeness (QED) is 0.570. The molecule has 2 nitrogen and oxygen atoms in total. The van der Waals surface area contributed by atoms with Crippen LogP contribution in [-0.4, -0.2) is 18.5 Å². The van der Waals surface area contributed by atoms with Crippen molar-refractivity contribution >= 4 is 6.29 Å². The van der Waals surface area contributed by atoms with Crippen LogP contribution in [0.25, 0.3) is 0 Å². The fourth-order valence-electron chi connectivity index (χ4n) is 1.52. The van der Waals surface area contributed by atoms with Crippen LogP contribution in [0.4, 0.5) is 0 Å². The van der Waals surface area contributed by atoms with E-state index in [0.29, 0.717) is 5.92 Å². The van der Waals surface area contributed by atoms with Crippen LogP contribution in [0, 0.1) is 5.92 Å². The topological polar surface area (TPSA) is 26.3 Å². The molecule has 0 aliphatic carbocycles. The third-order valence-electron chi connectivity index (χ3n) is 2.51. The largest absolute Gasteiger partial charge is 0.367 e. The monoisotopic (exact) mass is 156 g/mol. The number of carbonyl (C=O) groups excluding carboxylic acids is 1. The van der Waals surface area contributed by atoms with E-state index in [4.69, 9.17) is 4.74 Å². The van der Waals surface area contributed by atoms with Gasteiger partial charge in [-0.1, -0.05) is 13.8 Å². The third-order valence-corrected chi connectivity index (χ3v) is 2.51. The maximum atomic E-state index is 10.8. The van der Waals surface area contributed by atoms with Crippen LogP contribution >= 0.6 is 0 Å². The van der Waals surface area contributed by atoms with E-state index in [9.17, 15) is 4.79 Å². The standard InChI is InChI=1S/C9H16O2/c1-8(2)9(7-10)5-3-4-6-11-9/h7-8H,3-6H2,1-2H3. The zero-order valence-electron chi connectivity index (χ0n) is 7.30. The van der Waals surface area contributed by atoms with Crippen LogP contribution in [0.15, 0.2) is 0 Å². The second kappa shape index (κ2) is 3.35. The normalized spacial score (nSPS) is 32.3. The van der Waals surface area contributed by atoms with Gasteiger partial charge in [-0.05, 0) is 25.2 Å². The summed E-state index contributed by atoms with van der Waals surface area (Å²) in [5.41, 5.74) is -0.460. The summed E-state index contributed by atoms with van der Waals surface area (Å²) >= 11 is 0. The summed E-state index contributed by atoms with van der Waals surface area (Å²) in [6, 6.07) is 0. The molecule has 1 aliphatic heterocycles. The Morgan fingerprint density at radius 2 is 2.18 bits per heavy atom. The van der Waals surface area contributed by atoms with E-state index >= 15 is 0 Å². The maximum Gasteiger partial charge on any atom is 0.152 e. The smallest absolute Gasteiger partial charge is 0.152 e. The molecule has 11 heavy (non-hydrogen) atoms. The molecule has 1 atom stereocenters. The van der Waals surface area contributed by atoms with Gasteiger partial charge in [-0.15, -0.1) is 0 Å². The minimum absolute atomic E-state index is 0.306. The third kappa shape index (κ3) is 1.62. The van der Waals surface area contributed by atoms with E-state index in [-0.39, 0.29) is 0 Å². The van der Waals surface area contributed by atoms with E-state index in [0.717, 1.165) is 32.2 Å². The summed E-state index contributed by atoms with van der Waals surface area (Å²) in [6.45, 7) is 4.83. The predicted octanol–water partition coefficient (Wildman–Crippen LogP) is 1.78. The van der Waals surface area contributed by atoms with Crippen LogP contribution in [0.1, 0.15) is 33.1 Å². The van der Waals surface area contributed by atoms with Gasteiger partial charge in [0.15, 0.2) is 6.29 Å². The van der Waals surface area contributed by atoms with Crippen LogP contribution in [0.5, 0.6) is 0 Å². The Balaban J connectivity index is 2.64. The van der Waals surface area contributed by atoms with Gasteiger partial charge in [0.2, 0.25) is 0 Å². The lowest BCUT2D eigenvalue weighted by Crippen LogP contribution is -2.42. The summed E-state index contributed by atoms with van der Waals surface area (Å²) in [4.78, 5) is 10.8. The van der Waals surface area contributed by atoms with Crippen molar-refractivity contribution in [3.8, 4) is 0 Å². The van der Waals surface area contributed by atoms with Gasteiger partial charge in [-0.2, -0.15) is 0 Å². The highest BCUT2D eigenvalue weighted by Crippen LogP contribution is 2.29. The molecule has 0 spiro atoms. The second-order valence-corrected chi connectivity index (χ2v) is 3.53. The minimum Gasteiger partial charge on any atom is -0.367 e. The van der Waals surface area contributed by atoms with Gasteiger partial charge in [0, 0.05) is 6.61 Å². The lowest BCUT2D eigenvalue weighted by molar-refractivity contribution is -0.145. The number of rotatable bonds is 2. The zero-order chi connectivity index (χ0) is 8.32. The molecule has 1 rings (SSSR count). The highest BCUT2D eigenvalue weighted by Gasteiger charge is 2.35. The van der Waals surface area contributed by atoms with Crippen LogP contribution in [-0.2, 0) is 9.53 Å². The van der Waals surface area contributed by atoms with E-state index in [1.165, 1.54) is 0 Å². The number of hydrogen-bond acceptors (Lipinski definition) is 2.